The number of ketones is 2. The summed E-state index contributed by atoms with van der Waals surface area (Å²) in [5, 5.41) is 0.425. The molecule has 5 rings (SSSR count). The second kappa shape index (κ2) is 8.20. The number of aryl methyl sites for hydroxylation is 1. The molecule has 3 heterocycles. The van der Waals surface area contributed by atoms with E-state index in [1.807, 2.05) is 24.3 Å². The van der Waals surface area contributed by atoms with Crippen molar-refractivity contribution < 1.29 is 19.1 Å². The van der Waals surface area contributed by atoms with E-state index in [-0.39, 0.29) is 35.3 Å². The quantitative estimate of drug-likeness (QED) is 0.576. The van der Waals surface area contributed by atoms with Crippen LogP contribution in [0.1, 0.15) is 84.9 Å². The summed E-state index contributed by atoms with van der Waals surface area (Å²) in [5.74, 6) is -0.0694. The molecule has 0 radical (unpaired) electrons. The molecule has 1 saturated carbocycles. The number of carbonyl (C=O) groups excluding carboxylic acids is 3. The number of nitrogens with zero attached hydrogens (tertiary/aromatic N) is 2. The second-order valence-corrected chi connectivity index (χ2v) is 10.5. The molecule has 0 bridgehead atoms. The number of Topliss-reactive ketones (excluding diaryl/α,β-unsaturated/α-hetero) is 2. The summed E-state index contributed by atoms with van der Waals surface area (Å²) in [7, 11) is 0. The van der Waals surface area contributed by atoms with E-state index in [0.29, 0.717) is 27.2 Å². The van der Waals surface area contributed by atoms with Crippen LogP contribution in [0.4, 0.5) is 5.13 Å². The van der Waals surface area contributed by atoms with Crippen molar-refractivity contribution >= 4 is 33.9 Å². The van der Waals surface area contributed by atoms with Gasteiger partial charge in [-0.15, -0.1) is 0 Å². The Kier molecular flexibility index (Phi) is 5.47. The fourth-order valence-corrected chi connectivity index (χ4v) is 6.22. The lowest BCUT2D eigenvalue weighted by atomic mass is 9.77. The Bertz CT molecular complexity index is 1180. The lowest BCUT2D eigenvalue weighted by Gasteiger charge is -2.35. The van der Waals surface area contributed by atoms with Gasteiger partial charge in [0.25, 0.3) is 5.91 Å². The molecule has 3 aliphatic rings. The number of fused-ring (bicyclic) bond motifs is 1. The van der Waals surface area contributed by atoms with Crippen molar-refractivity contribution in [3.63, 3.8) is 0 Å². The van der Waals surface area contributed by atoms with E-state index in [2.05, 4.69) is 18.8 Å². The minimum absolute atomic E-state index is 0.0230. The maximum atomic E-state index is 13.7. The molecule has 3 unspecified atom stereocenters. The van der Waals surface area contributed by atoms with Crippen molar-refractivity contribution in [1.82, 2.24) is 4.98 Å². The van der Waals surface area contributed by atoms with Gasteiger partial charge in [0.15, 0.2) is 22.5 Å². The topological polar surface area (TPSA) is 76.6 Å². The Morgan fingerprint density at radius 1 is 1.15 bits per heavy atom. The smallest absolute Gasteiger partial charge is 0.296 e. The van der Waals surface area contributed by atoms with Crippen molar-refractivity contribution in [1.29, 1.82) is 0 Å². The molecule has 3 atom stereocenters. The molecule has 2 aliphatic heterocycles. The molecule has 0 saturated heterocycles. The Balaban J connectivity index is 1.64. The Morgan fingerprint density at radius 2 is 1.85 bits per heavy atom. The van der Waals surface area contributed by atoms with Crippen LogP contribution in [0.2, 0.25) is 0 Å². The number of aromatic nitrogens is 1. The average molecular weight is 465 g/mol. The highest BCUT2D eigenvalue weighted by molar-refractivity contribution is 7.17. The third-order valence-electron chi connectivity index (χ3n) is 6.99. The molecule has 6 nitrogen and oxygen atoms in total. The van der Waals surface area contributed by atoms with Crippen LogP contribution in [0.3, 0.4) is 0 Å². The van der Waals surface area contributed by atoms with Crippen LogP contribution in [-0.4, -0.2) is 28.6 Å². The zero-order chi connectivity index (χ0) is 23.4. The molecule has 0 N–H and O–H groups in total. The number of ether oxygens (including phenoxy) is 1. The number of thiazole rings is 1. The molecule has 1 fully saturated rings. The summed E-state index contributed by atoms with van der Waals surface area (Å²) in [6, 6.07) is 7.47. The first-order valence-corrected chi connectivity index (χ1v) is 12.5. The first-order chi connectivity index (χ1) is 15.8. The monoisotopic (exact) mass is 464 g/mol. The van der Waals surface area contributed by atoms with E-state index in [9.17, 15) is 14.4 Å². The van der Waals surface area contributed by atoms with Crippen molar-refractivity contribution in [3.05, 3.63) is 57.3 Å². The molecule has 0 spiro atoms. The number of hydrogen-bond donors (Lipinski definition) is 0. The number of anilines is 1. The van der Waals surface area contributed by atoms with Crippen molar-refractivity contribution in [2.75, 3.05) is 4.90 Å². The van der Waals surface area contributed by atoms with Crippen LogP contribution in [-0.2, 0) is 14.3 Å². The van der Waals surface area contributed by atoms with Gasteiger partial charge in [-0.1, -0.05) is 55.9 Å². The molecule has 1 aromatic carbocycles. The van der Waals surface area contributed by atoms with Crippen LogP contribution >= 0.6 is 11.3 Å². The van der Waals surface area contributed by atoms with Gasteiger partial charge in [0.2, 0.25) is 0 Å². The minimum Gasteiger partial charge on any atom is -0.483 e. The van der Waals surface area contributed by atoms with Gasteiger partial charge in [-0.3, -0.25) is 19.3 Å². The number of carbonyl (C=O) groups is 3. The Hall–Kier alpha value is -2.80. The van der Waals surface area contributed by atoms with Crippen LogP contribution < -0.4 is 4.90 Å². The second-order valence-electron chi connectivity index (χ2n) is 9.52. The van der Waals surface area contributed by atoms with Gasteiger partial charge >= 0.3 is 0 Å². The molecule has 1 amide bonds. The molecule has 1 aliphatic carbocycles. The standard InChI is InChI=1S/C26H28N2O4S/c1-13(2)16-9-11-17(12-10-16)21-20-22(30)18-7-5-6-8-19(18)32-23(20)25(31)28(21)26-27-14(3)24(33-26)15(4)29/h9-13,18-19,21H,5-8H2,1-4H3. The minimum atomic E-state index is -0.602. The highest BCUT2D eigenvalue weighted by Gasteiger charge is 2.53. The summed E-state index contributed by atoms with van der Waals surface area (Å²) < 4.78 is 6.22. The molecule has 172 valence electrons. The van der Waals surface area contributed by atoms with Gasteiger partial charge in [-0.05, 0) is 43.2 Å². The fraction of sp³-hybridized carbons (Fsp3) is 0.462. The van der Waals surface area contributed by atoms with E-state index >= 15 is 0 Å². The molecule has 7 heteroatoms. The lowest BCUT2D eigenvalue weighted by Crippen LogP contribution is -2.39. The van der Waals surface area contributed by atoms with Crippen molar-refractivity contribution in [3.8, 4) is 0 Å². The van der Waals surface area contributed by atoms with E-state index in [1.54, 1.807) is 11.8 Å². The molecule has 33 heavy (non-hydrogen) atoms. The summed E-state index contributed by atoms with van der Waals surface area (Å²) >= 11 is 1.20. The van der Waals surface area contributed by atoms with Gasteiger partial charge in [0, 0.05) is 6.92 Å². The summed E-state index contributed by atoms with van der Waals surface area (Å²) in [5.41, 5.74) is 3.07. The molecular formula is C26H28N2O4S. The summed E-state index contributed by atoms with van der Waals surface area (Å²) in [4.78, 5) is 46.1. The van der Waals surface area contributed by atoms with Crippen LogP contribution in [0.15, 0.2) is 35.6 Å². The van der Waals surface area contributed by atoms with Crippen LogP contribution in [0.25, 0.3) is 0 Å². The predicted molar refractivity (Wildman–Crippen MR) is 126 cm³/mol. The first kappa shape index (κ1) is 22.0. The largest absolute Gasteiger partial charge is 0.483 e. The third-order valence-corrected chi connectivity index (χ3v) is 8.25. The number of hydrogen-bond acceptors (Lipinski definition) is 6. The van der Waals surface area contributed by atoms with Gasteiger partial charge < -0.3 is 4.74 Å². The SMILES string of the molecule is CC(=O)c1sc(N2C(=O)C3=C(C(=O)C4CCCCC4O3)C2c2ccc(C(C)C)cc2)nc1C. The predicted octanol–water partition coefficient (Wildman–Crippen LogP) is 5.28. The van der Waals surface area contributed by atoms with Crippen molar-refractivity contribution in [2.45, 2.75) is 71.4 Å². The van der Waals surface area contributed by atoms with Gasteiger partial charge in [0.1, 0.15) is 6.10 Å². The summed E-state index contributed by atoms with van der Waals surface area (Å²) in [6.45, 7) is 7.53. The fourth-order valence-electron chi connectivity index (χ4n) is 5.23. The van der Waals surface area contributed by atoms with E-state index in [0.717, 1.165) is 31.2 Å². The van der Waals surface area contributed by atoms with Gasteiger partial charge in [-0.25, -0.2) is 4.98 Å². The Labute approximate surface area is 197 Å². The highest BCUT2D eigenvalue weighted by Crippen LogP contribution is 2.49. The molecule has 2 aromatic rings. The van der Waals surface area contributed by atoms with E-state index in [1.165, 1.54) is 23.8 Å². The van der Waals surface area contributed by atoms with Crippen LogP contribution in [0.5, 0.6) is 0 Å². The third kappa shape index (κ3) is 3.53. The maximum absolute atomic E-state index is 13.7. The number of amides is 1. The first-order valence-electron chi connectivity index (χ1n) is 11.6. The number of rotatable bonds is 4. The van der Waals surface area contributed by atoms with Gasteiger partial charge in [0.05, 0.1) is 28.1 Å². The maximum Gasteiger partial charge on any atom is 0.296 e. The van der Waals surface area contributed by atoms with E-state index in [4.69, 9.17) is 4.74 Å². The molecule has 1 aromatic heterocycles. The Morgan fingerprint density at radius 3 is 2.48 bits per heavy atom. The van der Waals surface area contributed by atoms with Crippen molar-refractivity contribution in [2.24, 2.45) is 5.92 Å². The summed E-state index contributed by atoms with van der Waals surface area (Å²) in [6.07, 6.45) is 3.35. The average Bonchev–Trinajstić information content (AvgIpc) is 3.32. The van der Waals surface area contributed by atoms with Gasteiger partial charge in [-0.2, -0.15) is 0 Å². The highest BCUT2D eigenvalue weighted by atomic mass is 32.1. The van der Waals surface area contributed by atoms with Crippen LogP contribution in [0, 0.1) is 12.8 Å². The lowest BCUT2D eigenvalue weighted by molar-refractivity contribution is -0.131. The normalized spacial score (nSPS) is 24.8. The number of benzene rings is 1. The zero-order valence-electron chi connectivity index (χ0n) is 19.4. The zero-order valence-corrected chi connectivity index (χ0v) is 20.2. The molecular weight excluding hydrogens is 436 g/mol. The van der Waals surface area contributed by atoms with E-state index < -0.39 is 6.04 Å².